The van der Waals surface area contributed by atoms with Crippen LogP contribution < -0.4 is 14.7 Å². The van der Waals surface area contributed by atoms with E-state index in [1.807, 2.05) is 0 Å². The fourth-order valence-electron chi connectivity index (χ4n) is 5.60. The first-order chi connectivity index (χ1) is 17.4. The number of benzene rings is 3. The van der Waals surface area contributed by atoms with Gasteiger partial charge in [-0.1, -0.05) is 36.4 Å². The Kier molecular flexibility index (Phi) is 9.87. The maximum Gasteiger partial charge on any atom is 0.0395 e. The van der Waals surface area contributed by atoms with E-state index in [1.54, 1.807) is 0 Å². The minimum absolute atomic E-state index is 0.199. The molecule has 0 aromatic heterocycles. The predicted molar refractivity (Wildman–Crippen MR) is 160 cm³/mol. The summed E-state index contributed by atoms with van der Waals surface area (Å²) in [7, 11) is 0. The van der Waals surface area contributed by atoms with E-state index in [1.165, 1.54) is 44.9 Å². The lowest BCUT2D eigenvalue weighted by molar-refractivity contribution is 0.856. The topological polar surface area (TPSA) is 9.72 Å². The van der Waals surface area contributed by atoms with E-state index in [4.69, 9.17) is 0 Å². The third kappa shape index (κ3) is 5.88. The van der Waals surface area contributed by atoms with E-state index in [9.17, 15) is 0 Å². The summed E-state index contributed by atoms with van der Waals surface area (Å²) in [6.07, 6.45) is 0. The van der Waals surface area contributed by atoms with Gasteiger partial charge in [0.1, 0.15) is 0 Å². The Morgan fingerprint density at radius 1 is 0.472 bits per heavy atom. The van der Waals surface area contributed by atoms with Crippen LogP contribution >= 0.6 is 0 Å². The molecule has 0 heterocycles. The van der Waals surface area contributed by atoms with Crippen molar-refractivity contribution >= 4 is 17.1 Å². The fraction of sp³-hybridized carbons (Fsp3) is 0.455. The zero-order valence-corrected chi connectivity index (χ0v) is 23.9. The molecule has 0 aliphatic heterocycles. The average Bonchev–Trinajstić information content (AvgIpc) is 2.89. The Balaban J connectivity index is 2.12. The second-order valence-electron chi connectivity index (χ2n) is 9.63. The van der Waals surface area contributed by atoms with E-state index < -0.39 is 0 Å². The molecule has 0 unspecified atom stereocenters. The highest BCUT2D eigenvalue weighted by atomic mass is 15.1. The van der Waals surface area contributed by atoms with Crippen LogP contribution in [0.4, 0.5) is 17.1 Å². The van der Waals surface area contributed by atoms with Crippen molar-refractivity contribution in [3.05, 3.63) is 88.5 Å². The molecule has 36 heavy (non-hydrogen) atoms. The molecular formula is C33H47N3. The quantitative estimate of drug-likeness (QED) is 0.240. The van der Waals surface area contributed by atoms with Crippen molar-refractivity contribution in [2.24, 2.45) is 0 Å². The minimum Gasteiger partial charge on any atom is -0.372 e. The minimum atomic E-state index is 0.199. The van der Waals surface area contributed by atoms with Gasteiger partial charge in [0.25, 0.3) is 0 Å². The number of rotatable bonds is 12. The highest BCUT2D eigenvalue weighted by Gasteiger charge is 2.20. The molecule has 3 aromatic rings. The monoisotopic (exact) mass is 485 g/mol. The molecule has 3 heteroatoms. The van der Waals surface area contributed by atoms with Gasteiger partial charge in [-0.2, -0.15) is 0 Å². The molecule has 3 nitrogen and oxygen atoms in total. The SMILES string of the molecule is CCN(CC)c1ccc(C(c2ccc(N(CC)CC)c(C)c2)c2ccc(N(CC)CC)c(C)c2)cc1. The third-order valence-corrected chi connectivity index (χ3v) is 7.67. The summed E-state index contributed by atoms with van der Waals surface area (Å²) in [5.41, 5.74) is 10.7. The molecular weight excluding hydrogens is 438 g/mol. The van der Waals surface area contributed by atoms with Gasteiger partial charge in [0.2, 0.25) is 0 Å². The number of hydrogen-bond acceptors (Lipinski definition) is 3. The van der Waals surface area contributed by atoms with Gasteiger partial charge in [-0.15, -0.1) is 0 Å². The Bertz CT molecular complexity index is 1030. The zero-order chi connectivity index (χ0) is 26.2. The van der Waals surface area contributed by atoms with Crippen LogP contribution in [0.3, 0.4) is 0 Å². The molecule has 0 saturated heterocycles. The molecule has 0 saturated carbocycles. The van der Waals surface area contributed by atoms with Crippen molar-refractivity contribution < 1.29 is 0 Å². The first kappa shape index (κ1) is 27.6. The summed E-state index contributed by atoms with van der Waals surface area (Å²) in [4.78, 5) is 7.29. The van der Waals surface area contributed by atoms with Crippen LogP contribution in [0.2, 0.25) is 0 Å². The summed E-state index contributed by atoms with van der Waals surface area (Å²) >= 11 is 0. The van der Waals surface area contributed by atoms with Crippen LogP contribution in [0.5, 0.6) is 0 Å². The van der Waals surface area contributed by atoms with Crippen LogP contribution in [-0.2, 0) is 0 Å². The molecule has 0 bridgehead atoms. The van der Waals surface area contributed by atoms with Crippen LogP contribution in [0, 0.1) is 13.8 Å². The fourth-order valence-corrected chi connectivity index (χ4v) is 5.60. The second-order valence-corrected chi connectivity index (χ2v) is 9.63. The van der Waals surface area contributed by atoms with Gasteiger partial charge in [0.15, 0.2) is 0 Å². The number of aryl methyl sites for hydroxylation is 2. The maximum absolute atomic E-state index is 2.44. The lowest BCUT2D eigenvalue weighted by Crippen LogP contribution is -2.23. The van der Waals surface area contributed by atoms with Crippen molar-refractivity contribution in [3.63, 3.8) is 0 Å². The summed E-state index contributed by atoms with van der Waals surface area (Å²) in [6.45, 7) is 24.0. The van der Waals surface area contributed by atoms with Crippen LogP contribution in [-0.4, -0.2) is 39.3 Å². The van der Waals surface area contributed by atoms with E-state index in [-0.39, 0.29) is 5.92 Å². The van der Waals surface area contributed by atoms with Crippen molar-refractivity contribution in [1.82, 2.24) is 0 Å². The highest BCUT2D eigenvalue weighted by Crippen LogP contribution is 2.37. The predicted octanol–water partition coefficient (Wildman–Crippen LogP) is 8.02. The van der Waals surface area contributed by atoms with Crippen molar-refractivity contribution in [2.75, 3.05) is 54.0 Å². The molecule has 3 rings (SSSR count). The molecule has 0 spiro atoms. The van der Waals surface area contributed by atoms with Gasteiger partial charge < -0.3 is 14.7 Å². The zero-order valence-electron chi connectivity index (χ0n) is 23.9. The van der Waals surface area contributed by atoms with E-state index in [2.05, 4.69) is 131 Å². The van der Waals surface area contributed by atoms with Crippen LogP contribution in [0.15, 0.2) is 60.7 Å². The van der Waals surface area contributed by atoms with Gasteiger partial charge >= 0.3 is 0 Å². The molecule has 0 N–H and O–H groups in total. The van der Waals surface area contributed by atoms with E-state index >= 15 is 0 Å². The molecule has 0 amide bonds. The van der Waals surface area contributed by atoms with Gasteiger partial charge in [-0.25, -0.2) is 0 Å². The summed E-state index contributed by atoms with van der Waals surface area (Å²) in [5, 5.41) is 0. The lowest BCUT2D eigenvalue weighted by atomic mass is 9.83. The molecule has 0 radical (unpaired) electrons. The van der Waals surface area contributed by atoms with E-state index in [0.717, 1.165) is 39.3 Å². The van der Waals surface area contributed by atoms with Gasteiger partial charge in [0, 0.05) is 62.2 Å². The molecule has 194 valence electrons. The average molecular weight is 486 g/mol. The van der Waals surface area contributed by atoms with Gasteiger partial charge in [-0.05, 0) is 107 Å². The van der Waals surface area contributed by atoms with Crippen LogP contribution in [0.25, 0.3) is 0 Å². The number of nitrogens with zero attached hydrogens (tertiary/aromatic N) is 3. The second kappa shape index (κ2) is 12.9. The molecule has 0 atom stereocenters. The van der Waals surface area contributed by atoms with E-state index in [0.29, 0.717) is 0 Å². The maximum atomic E-state index is 2.44. The van der Waals surface area contributed by atoms with Crippen molar-refractivity contribution in [3.8, 4) is 0 Å². The molecule has 0 fully saturated rings. The molecule has 3 aromatic carbocycles. The Morgan fingerprint density at radius 3 is 1.17 bits per heavy atom. The third-order valence-electron chi connectivity index (χ3n) is 7.67. The summed E-state index contributed by atoms with van der Waals surface area (Å²) in [5.74, 6) is 0.199. The number of hydrogen-bond donors (Lipinski definition) is 0. The van der Waals surface area contributed by atoms with Crippen molar-refractivity contribution in [1.29, 1.82) is 0 Å². The summed E-state index contributed by atoms with van der Waals surface area (Å²) < 4.78 is 0. The normalized spacial score (nSPS) is 11.1. The van der Waals surface area contributed by atoms with Crippen molar-refractivity contribution in [2.45, 2.75) is 61.3 Å². The first-order valence-electron chi connectivity index (χ1n) is 14.0. The molecule has 0 aliphatic rings. The molecule has 0 aliphatic carbocycles. The lowest BCUT2D eigenvalue weighted by Gasteiger charge is -2.27. The van der Waals surface area contributed by atoms with Crippen LogP contribution in [0.1, 0.15) is 75.3 Å². The Hall–Kier alpha value is -2.94. The largest absolute Gasteiger partial charge is 0.372 e. The first-order valence-corrected chi connectivity index (χ1v) is 14.0. The Morgan fingerprint density at radius 2 is 0.833 bits per heavy atom. The van der Waals surface area contributed by atoms with Gasteiger partial charge in [-0.3, -0.25) is 0 Å². The highest BCUT2D eigenvalue weighted by molar-refractivity contribution is 5.60. The Labute approximate surface area is 220 Å². The standard InChI is InChI=1S/C33H47N3/c1-9-34(10-2)30-19-15-27(16-20-30)33(28-17-21-31(25(7)23-28)35(11-3)12-4)29-18-22-32(26(8)24-29)36(13-5)14-6/h15-24,33H,9-14H2,1-8H3. The number of anilines is 3. The summed E-state index contributed by atoms with van der Waals surface area (Å²) in [6, 6.07) is 23.4. The van der Waals surface area contributed by atoms with Gasteiger partial charge in [0.05, 0.1) is 0 Å². The smallest absolute Gasteiger partial charge is 0.0395 e.